The molecule has 4 aromatic rings. The fourth-order valence-corrected chi connectivity index (χ4v) is 6.20. The van der Waals surface area contributed by atoms with Crippen LogP contribution in [-0.2, 0) is 22.6 Å². The zero-order chi connectivity index (χ0) is 32.3. The second-order valence-electron chi connectivity index (χ2n) is 12.4. The topological polar surface area (TPSA) is 92.3 Å². The summed E-state index contributed by atoms with van der Waals surface area (Å²) in [5.41, 5.74) is 4.58. The van der Waals surface area contributed by atoms with Crippen LogP contribution in [0.5, 0.6) is 11.5 Å². The minimum absolute atomic E-state index is 0.0235. The van der Waals surface area contributed by atoms with Crippen LogP contribution in [0.4, 0.5) is 10.5 Å². The molecular formula is C39H45N3O5. The lowest BCUT2D eigenvalue weighted by atomic mass is 9.99. The smallest absolute Gasteiger partial charge is 0.319 e. The van der Waals surface area contributed by atoms with E-state index in [1.807, 2.05) is 91.0 Å². The van der Waals surface area contributed by atoms with Gasteiger partial charge in [0.1, 0.15) is 11.5 Å². The lowest BCUT2D eigenvalue weighted by Crippen LogP contribution is -2.40. The van der Waals surface area contributed by atoms with Gasteiger partial charge in [-0.15, -0.1) is 0 Å². The molecule has 0 aliphatic carbocycles. The van der Waals surface area contributed by atoms with Gasteiger partial charge in [0.15, 0.2) is 6.29 Å². The Hall–Kier alpha value is -4.21. The zero-order valence-electron chi connectivity index (χ0n) is 26.9. The summed E-state index contributed by atoms with van der Waals surface area (Å²) in [5.74, 6) is 1.46. The van der Waals surface area contributed by atoms with E-state index in [4.69, 9.17) is 14.2 Å². The molecule has 2 saturated heterocycles. The summed E-state index contributed by atoms with van der Waals surface area (Å²) in [6, 6.07) is 32.7. The number of urea groups is 1. The fourth-order valence-electron chi connectivity index (χ4n) is 6.20. The first-order valence-electron chi connectivity index (χ1n) is 16.8. The standard InChI is InChI=1S/C39H45N3O5/c43-28-30-13-15-31(16-14-30)37-25-36(27-42-23-7-2-1-3-8-24-42)46-38(47-37)32-17-11-29(12-18-32)26-40-39(44)41-33-19-21-35(22-20-33)45-34-9-5-4-6-10-34/h4-6,9-22,36-38,43H,1-3,7-8,23-28H2,(H2,40,41,44)/t36-,37+,38+/m0/s1. The maximum absolute atomic E-state index is 12.6. The van der Waals surface area contributed by atoms with Gasteiger partial charge in [-0.3, -0.25) is 0 Å². The van der Waals surface area contributed by atoms with Gasteiger partial charge in [0.05, 0.1) is 18.8 Å². The summed E-state index contributed by atoms with van der Waals surface area (Å²) in [7, 11) is 0. The van der Waals surface area contributed by atoms with Crippen molar-refractivity contribution in [3.63, 3.8) is 0 Å². The molecule has 8 heteroatoms. The number of anilines is 1. The third kappa shape index (κ3) is 9.65. The number of hydrogen-bond acceptors (Lipinski definition) is 6. The van der Waals surface area contributed by atoms with E-state index in [0.717, 1.165) is 54.1 Å². The normalized spacial score (nSPS) is 20.5. The molecule has 8 nitrogen and oxygen atoms in total. The predicted octanol–water partition coefficient (Wildman–Crippen LogP) is 8.10. The number of nitrogens with zero attached hydrogens (tertiary/aromatic N) is 1. The Bertz CT molecular complexity index is 1520. The number of para-hydroxylation sites is 1. The van der Waals surface area contributed by atoms with Crippen LogP contribution in [0.3, 0.4) is 0 Å². The van der Waals surface area contributed by atoms with Gasteiger partial charge < -0.3 is 34.9 Å². The van der Waals surface area contributed by atoms with E-state index in [1.54, 1.807) is 0 Å². The van der Waals surface area contributed by atoms with Crippen LogP contribution < -0.4 is 15.4 Å². The maximum Gasteiger partial charge on any atom is 0.319 e. The summed E-state index contributed by atoms with van der Waals surface area (Å²) >= 11 is 0. The van der Waals surface area contributed by atoms with E-state index < -0.39 is 6.29 Å². The van der Waals surface area contributed by atoms with Crippen molar-refractivity contribution >= 4 is 11.7 Å². The van der Waals surface area contributed by atoms with E-state index in [2.05, 4.69) is 27.7 Å². The SMILES string of the molecule is O=C(NCc1ccc([C@@H]2O[C@H](CN3CCCCCCC3)C[C@H](c3ccc(CO)cc3)O2)cc1)Nc1ccc(Oc2ccccc2)cc1. The molecule has 3 N–H and O–H groups in total. The van der Waals surface area contributed by atoms with Crippen LogP contribution >= 0.6 is 0 Å². The average Bonchev–Trinajstić information content (AvgIpc) is 3.10. The summed E-state index contributed by atoms with van der Waals surface area (Å²) in [6.07, 6.45) is 6.64. The third-order valence-electron chi connectivity index (χ3n) is 8.82. The highest BCUT2D eigenvalue weighted by atomic mass is 16.7. The second kappa shape index (κ2) is 16.6. The molecule has 3 atom stereocenters. The van der Waals surface area contributed by atoms with Gasteiger partial charge >= 0.3 is 6.03 Å². The molecule has 0 unspecified atom stereocenters. The van der Waals surface area contributed by atoms with Crippen LogP contribution in [0.1, 0.15) is 73.2 Å². The van der Waals surface area contributed by atoms with Gasteiger partial charge in [0.25, 0.3) is 0 Å². The number of hydrogen-bond donors (Lipinski definition) is 3. The minimum atomic E-state index is -0.495. The summed E-state index contributed by atoms with van der Waals surface area (Å²) in [4.78, 5) is 15.2. The van der Waals surface area contributed by atoms with Gasteiger partial charge in [-0.1, -0.05) is 86.0 Å². The molecule has 2 aliphatic rings. The van der Waals surface area contributed by atoms with Crippen molar-refractivity contribution < 1.29 is 24.1 Å². The molecular weight excluding hydrogens is 590 g/mol. The lowest BCUT2D eigenvalue weighted by Gasteiger charge is -2.38. The molecule has 0 spiro atoms. The van der Waals surface area contributed by atoms with Crippen molar-refractivity contribution in [3.8, 4) is 11.5 Å². The highest BCUT2D eigenvalue weighted by Crippen LogP contribution is 2.38. The molecule has 0 aromatic heterocycles. The van der Waals surface area contributed by atoms with Crippen molar-refractivity contribution in [3.05, 3.63) is 125 Å². The highest BCUT2D eigenvalue weighted by molar-refractivity contribution is 5.89. The van der Waals surface area contributed by atoms with Gasteiger partial charge in [-0.25, -0.2) is 4.79 Å². The molecule has 6 rings (SSSR count). The van der Waals surface area contributed by atoms with E-state index in [-0.39, 0.29) is 24.8 Å². The lowest BCUT2D eigenvalue weighted by molar-refractivity contribution is -0.253. The molecule has 0 radical (unpaired) electrons. The third-order valence-corrected chi connectivity index (χ3v) is 8.82. The average molecular weight is 636 g/mol. The van der Waals surface area contributed by atoms with E-state index in [9.17, 15) is 9.90 Å². The Morgan fingerprint density at radius 1 is 0.745 bits per heavy atom. The number of aliphatic hydroxyl groups excluding tert-OH is 1. The summed E-state index contributed by atoms with van der Waals surface area (Å²) in [6.45, 7) is 3.53. The Morgan fingerprint density at radius 3 is 2.09 bits per heavy atom. The van der Waals surface area contributed by atoms with Gasteiger partial charge in [0.2, 0.25) is 0 Å². The zero-order valence-corrected chi connectivity index (χ0v) is 26.9. The summed E-state index contributed by atoms with van der Waals surface area (Å²) < 4.78 is 19.0. The number of nitrogens with one attached hydrogen (secondary N) is 2. The molecule has 0 bridgehead atoms. The number of ether oxygens (including phenoxy) is 3. The molecule has 2 heterocycles. The first kappa shape index (κ1) is 32.7. The quantitative estimate of drug-likeness (QED) is 0.163. The largest absolute Gasteiger partial charge is 0.457 e. The minimum Gasteiger partial charge on any atom is -0.457 e. The number of likely N-dealkylation sites (tertiary alicyclic amines) is 1. The van der Waals surface area contributed by atoms with Gasteiger partial charge in [0, 0.05) is 30.8 Å². The molecule has 0 saturated carbocycles. The first-order valence-corrected chi connectivity index (χ1v) is 16.8. The van der Waals surface area contributed by atoms with E-state index in [0.29, 0.717) is 18.0 Å². The van der Waals surface area contributed by atoms with Crippen molar-refractivity contribution in [1.29, 1.82) is 0 Å². The number of amides is 2. The van der Waals surface area contributed by atoms with Crippen LogP contribution in [0.25, 0.3) is 0 Å². The fraction of sp³-hybridized carbons (Fsp3) is 0.359. The van der Waals surface area contributed by atoms with Gasteiger partial charge in [-0.2, -0.15) is 0 Å². The molecule has 246 valence electrons. The van der Waals surface area contributed by atoms with Crippen LogP contribution in [-0.4, -0.2) is 41.8 Å². The van der Waals surface area contributed by atoms with Crippen LogP contribution in [0.15, 0.2) is 103 Å². The molecule has 2 aliphatic heterocycles. The molecule has 2 fully saturated rings. The molecule has 2 amide bonds. The van der Waals surface area contributed by atoms with Crippen LogP contribution in [0, 0.1) is 0 Å². The van der Waals surface area contributed by atoms with Crippen molar-refractivity contribution in [2.45, 2.75) is 70.2 Å². The molecule has 4 aromatic carbocycles. The highest BCUT2D eigenvalue weighted by Gasteiger charge is 2.33. The Labute approximate surface area is 277 Å². The monoisotopic (exact) mass is 635 g/mol. The van der Waals surface area contributed by atoms with Crippen LogP contribution in [0.2, 0.25) is 0 Å². The van der Waals surface area contributed by atoms with Crippen molar-refractivity contribution in [1.82, 2.24) is 10.2 Å². The second-order valence-corrected chi connectivity index (χ2v) is 12.4. The number of carbonyl (C=O) groups excluding carboxylic acids is 1. The number of aliphatic hydroxyl groups is 1. The van der Waals surface area contributed by atoms with Crippen molar-refractivity contribution in [2.75, 3.05) is 25.0 Å². The Morgan fingerprint density at radius 2 is 1.38 bits per heavy atom. The van der Waals surface area contributed by atoms with Gasteiger partial charge in [-0.05, 0) is 79.0 Å². The molecule has 47 heavy (non-hydrogen) atoms. The number of carbonyl (C=O) groups is 1. The maximum atomic E-state index is 12.6. The first-order chi connectivity index (χ1) is 23.1. The number of rotatable bonds is 10. The number of benzene rings is 4. The Kier molecular flexibility index (Phi) is 11.5. The summed E-state index contributed by atoms with van der Waals surface area (Å²) in [5, 5.41) is 15.3. The van der Waals surface area contributed by atoms with E-state index >= 15 is 0 Å². The van der Waals surface area contributed by atoms with E-state index in [1.165, 1.54) is 32.1 Å². The van der Waals surface area contributed by atoms with Crippen molar-refractivity contribution in [2.24, 2.45) is 0 Å². The predicted molar refractivity (Wildman–Crippen MR) is 183 cm³/mol. The Balaban J connectivity index is 1.05.